The summed E-state index contributed by atoms with van der Waals surface area (Å²) in [6, 6.07) is 15.4. The molecule has 1 aliphatic rings. The molecule has 0 bridgehead atoms. The number of nitrogens with zero attached hydrogens (tertiary/aromatic N) is 1. The van der Waals surface area contributed by atoms with Gasteiger partial charge in [0, 0.05) is 5.69 Å². The van der Waals surface area contributed by atoms with Crippen LogP contribution in [-0.4, -0.2) is 23.7 Å². The third-order valence-corrected chi connectivity index (χ3v) is 3.93. The molecule has 23 heavy (non-hydrogen) atoms. The highest BCUT2D eigenvalue weighted by Gasteiger charge is 2.31. The largest absolute Gasteiger partial charge is 0.477 e. The Labute approximate surface area is 140 Å². The van der Waals surface area contributed by atoms with E-state index in [-0.39, 0.29) is 6.54 Å². The maximum Gasteiger partial charge on any atom is 0.260 e. The van der Waals surface area contributed by atoms with Gasteiger partial charge in [-0.25, -0.2) is 0 Å². The van der Waals surface area contributed by atoms with Crippen molar-refractivity contribution in [2.45, 2.75) is 13.0 Å². The van der Waals surface area contributed by atoms with Crippen molar-refractivity contribution in [3.8, 4) is 5.75 Å². The van der Waals surface area contributed by atoms with Crippen LogP contribution < -0.4 is 20.7 Å². The maximum atomic E-state index is 11.5. The Morgan fingerprint density at radius 3 is 2.83 bits per heavy atom. The molecule has 0 aliphatic carbocycles. The molecule has 0 aromatic heterocycles. The zero-order valence-corrected chi connectivity index (χ0v) is 13.5. The summed E-state index contributed by atoms with van der Waals surface area (Å²) in [7, 11) is 0. The second kappa shape index (κ2) is 6.26. The molecule has 0 fully saturated rings. The van der Waals surface area contributed by atoms with E-state index in [9.17, 15) is 4.79 Å². The summed E-state index contributed by atoms with van der Waals surface area (Å²) in [5.74, 6) is 0.0822. The van der Waals surface area contributed by atoms with Crippen molar-refractivity contribution in [2.75, 3.05) is 16.8 Å². The van der Waals surface area contributed by atoms with Crippen LogP contribution in [0.5, 0.6) is 5.75 Å². The molecule has 1 unspecified atom stereocenters. The van der Waals surface area contributed by atoms with Crippen LogP contribution in [0.15, 0.2) is 48.5 Å². The van der Waals surface area contributed by atoms with Crippen LogP contribution in [0.25, 0.3) is 0 Å². The molecule has 1 amide bonds. The Hall–Kier alpha value is -2.60. The summed E-state index contributed by atoms with van der Waals surface area (Å²) < 4.78 is 5.64. The molecule has 0 saturated carbocycles. The Kier molecular flexibility index (Phi) is 4.16. The topological polar surface area (TPSA) is 67.6 Å². The van der Waals surface area contributed by atoms with Crippen molar-refractivity contribution < 1.29 is 9.53 Å². The molecule has 2 aromatic rings. The summed E-state index contributed by atoms with van der Waals surface area (Å²) in [6.07, 6.45) is -0.734. The molecule has 1 heterocycles. The molecule has 3 N–H and O–H groups in total. The summed E-state index contributed by atoms with van der Waals surface area (Å²) in [5, 5.41) is 3.70. The quantitative estimate of drug-likeness (QED) is 0.829. The number of benzene rings is 2. The third-order valence-electron chi connectivity index (χ3n) is 3.61. The molecule has 2 aromatic carbocycles. The van der Waals surface area contributed by atoms with Gasteiger partial charge in [-0.15, -0.1) is 0 Å². The van der Waals surface area contributed by atoms with Gasteiger partial charge in [-0.3, -0.25) is 4.79 Å². The molecule has 1 aliphatic heterocycles. The summed E-state index contributed by atoms with van der Waals surface area (Å²) in [5.41, 5.74) is 8.25. The molecule has 5 nitrogen and oxygen atoms in total. The van der Waals surface area contributed by atoms with Crippen molar-refractivity contribution in [3.05, 3.63) is 54.1 Å². The molecule has 0 radical (unpaired) electrons. The smallest absolute Gasteiger partial charge is 0.260 e. The van der Waals surface area contributed by atoms with Crippen LogP contribution in [0, 0.1) is 6.92 Å². The molecule has 1 atom stereocenters. The lowest BCUT2D eigenvalue weighted by Crippen LogP contribution is -2.50. The average molecular weight is 327 g/mol. The van der Waals surface area contributed by atoms with Crippen molar-refractivity contribution in [1.82, 2.24) is 0 Å². The van der Waals surface area contributed by atoms with Crippen LogP contribution >= 0.6 is 12.2 Å². The van der Waals surface area contributed by atoms with Gasteiger partial charge in [-0.1, -0.05) is 24.3 Å². The number of nitrogens with two attached hydrogens (primary N) is 1. The molecule has 0 spiro atoms. The van der Waals surface area contributed by atoms with E-state index in [1.54, 1.807) is 6.07 Å². The summed E-state index contributed by atoms with van der Waals surface area (Å²) in [6.45, 7) is 2.30. The van der Waals surface area contributed by atoms with E-state index in [2.05, 4.69) is 5.32 Å². The lowest BCUT2D eigenvalue weighted by atomic mass is 10.2. The Morgan fingerprint density at radius 2 is 2.09 bits per heavy atom. The third kappa shape index (κ3) is 3.27. The minimum Gasteiger partial charge on any atom is -0.477 e. The molecule has 6 heteroatoms. The first-order valence-corrected chi connectivity index (χ1v) is 7.65. The first kappa shape index (κ1) is 15.3. The highest BCUT2D eigenvalue weighted by Crippen LogP contribution is 2.33. The number of amides is 1. The van der Waals surface area contributed by atoms with Gasteiger partial charge in [0.25, 0.3) is 5.91 Å². The van der Waals surface area contributed by atoms with E-state index < -0.39 is 12.0 Å². The van der Waals surface area contributed by atoms with Gasteiger partial charge >= 0.3 is 0 Å². The lowest BCUT2D eigenvalue weighted by Gasteiger charge is -2.35. The van der Waals surface area contributed by atoms with Gasteiger partial charge in [-0.05, 0) is 49.0 Å². The number of anilines is 2. The number of para-hydroxylation sites is 2. The standard InChI is InChI=1S/C17H17N3O2S/c1-11-5-4-6-12(9-11)19-17(23)20-10-15(16(18)21)22-14-8-3-2-7-13(14)20/h2-9,15H,10H2,1H3,(H2,18,21)(H,19,23). The number of rotatable bonds is 2. The van der Waals surface area contributed by atoms with Crippen LogP contribution in [0.2, 0.25) is 0 Å². The van der Waals surface area contributed by atoms with Crippen molar-refractivity contribution in [2.24, 2.45) is 5.73 Å². The molecular weight excluding hydrogens is 310 g/mol. The zero-order chi connectivity index (χ0) is 16.4. The van der Waals surface area contributed by atoms with Crippen LogP contribution in [0.4, 0.5) is 11.4 Å². The Bertz CT molecular complexity index is 763. The van der Waals surface area contributed by atoms with Gasteiger partial charge < -0.3 is 20.7 Å². The number of primary amides is 1. The Morgan fingerprint density at radius 1 is 1.30 bits per heavy atom. The van der Waals surface area contributed by atoms with Crippen LogP contribution in [0.3, 0.4) is 0 Å². The summed E-state index contributed by atoms with van der Waals surface area (Å²) >= 11 is 5.52. The van der Waals surface area contributed by atoms with E-state index in [4.69, 9.17) is 22.7 Å². The minimum absolute atomic E-state index is 0.282. The highest BCUT2D eigenvalue weighted by molar-refractivity contribution is 7.80. The fourth-order valence-electron chi connectivity index (χ4n) is 2.49. The van der Waals surface area contributed by atoms with Crippen LogP contribution in [0.1, 0.15) is 5.56 Å². The van der Waals surface area contributed by atoms with E-state index in [1.165, 1.54) is 0 Å². The number of hydrogen-bond acceptors (Lipinski definition) is 3. The SMILES string of the molecule is Cc1cccc(NC(=S)N2CC(C(N)=O)Oc3ccccc32)c1. The predicted molar refractivity (Wildman–Crippen MR) is 94.8 cm³/mol. The van der Waals surface area contributed by atoms with E-state index in [0.717, 1.165) is 16.9 Å². The first-order chi connectivity index (χ1) is 11.0. The number of fused-ring (bicyclic) bond motifs is 1. The predicted octanol–water partition coefficient (Wildman–Crippen LogP) is 2.44. The number of thiocarbonyl (C=S) groups is 1. The number of carbonyl (C=O) groups is 1. The van der Waals surface area contributed by atoms with Gasteiger partial charge in [0.05, 0.1) is 12.2 Å². The fourth-order valence-corrected chi connectivity index (χ4v) is 2.78. The minimum atomic E-state index is -0.734. The van der Waals surface area contributed by atoms with E-state index in [1.807, 2.05) is 54.3 Å². The number of carbonyl (C=O) groups excluding carboxylic acids is 1. The zero-order valence-electron chi connectivity index (χ0n) is 12.7. The number of nitrogens with one attached hydrogen (secondary N) is 1. The molecular formula is C17H17N3O2S. The fraction of sp³-hybridized carbons (Fsp3) is 0.176. The van der Waals surface area contributed by atoms with Gasteiger partial charge in [0.15, 0.2) is 11.2 Å². The van der Waals surface area contributed by atoms with E-state index >= 15 is 0 Å². The van der Waals surface area contributed by atoms with Crippen molar-refractivity contribution >= 4 is 34.6 Å². The maximum absolute atomic E-state index is 11.5. The number of ether oxygens (including phenoxy) is 1. The van der Waals surface area contributed by atoms with Gasteiger partial charge in [0.2, 0.25) is 0 Å². The number of hydrogen-bond donors (Lipinski definition) is 2. The average Bonchev–Trinajstić information content (AvgIpc) is 2.53. The van der Waals surface area contributed by atoms with E-state index in [0.29, 0.717) is 10.9 Å². The molecule has 118 valence electrons. The van der Waals surface area contributed by atoms with Crippen LogP contribution in [-0.2, 0) is 4.79 Å². The lowest BCUT2D eigenvalue weighted by molar-refractivity contribution is -0.124. The van der Waals surface area contributed by atoms with Crippen molar-refractivity contribution in [1.29, 1.82) is 0 Å². The molecule has 3 rings (SSSR count). The highest BCUT2D eigenvalue weighted by atomic mass is 32.1. The first-order valence-electron chi connectivity index (χ1n) is 7.25. The van der Waals surface area contributed by atoms with Gasteiger partial charge in [0.1, 0.15) is 5.75 Å². The summed E-state index contributed by atoms with van der Waals surface area (Å²) in [4.78, 5) is 13.4. The Balaban J connectivity index is 1.88. The normalized spacial score (nSPS) is 16.2. The van der Waals surface area contributed by atoms with Gasteiger partial charge in [-0.2, -0.15) is 0 Å². The molecule has 0 saturated heterocycles. The van der Waals surface area contributed by atoms with Crippen molar-refractivity contribution in [3.63, 3.8) is 0 Å². The second-order valence-corrected chi connectivity index (χ2v) is 5.77. The number of aryl methyl sites for hydroxylation is 1. The monoisotopic (exact) mass is 327 g/mol. The second-order valence-electron chi connectivity index (χ2n) is 5.39.